The minimum atomic E-state index is -1.77. The molecule has 1 rings (SSSR count). The molecule has 1 atom stereocenters. The largest absolute Gasteiger partial charge is 0.413 e. The third-order valence-electron chi connectivity index (χ3n) is 3.88. The molecule has 0 bridgehead atoms. The van der Waals surface area contributed by atoms with Gasteiger partial charge in [0.15, 0.2) is 8.32 Å². The van der Waals surface area contributed by atoms with Crippen LogP contribution >= 0.6 is 0 Å². The number of terminal acetylenes is 1. The molecule has 2 nitrogen and oxygen atoms in total. The van der Waals surface area contributed by atoms with Crippen LogP contribution in [0.3, 0.4) is 0 Å². The molecule has 0 amide bonds. The summed E-state index contributed by atoms with van der Waals surface area (Å²) in [6.45, 7) is 12.1. The zero-order valence-corrected chi connectivity index (χ0v) is 14.3. The summed E-state index contributed by atoms with van der Waals surface area (Å²) in [6.07, 6.45) is 5.25. The first-order chi connectivity index (χ1) is 9.26. The van der Waals surface area contributed by atoms with Crippen molar-refractivity contribution in [3.8, 4) is 12.3 Å². The van der Waals surface area contributed by atoms with Gasteiger partial charge in [-0.2, -0.15) is 0 Å². The quantitative estimate of drug-likeness (QED) is 0.576. The summed E-state index contributed by atoms with van der Waals surface area (Å²) in [6, 6.07) is 10.0. The topological polar surface area (TPSA) is 18.5 Å². The average Bonchev–Trinajstić information content (AvgIpc) is 2.39. The molecule has 1 aromatic carbocycles. The van der Waals surface area contributed by atoms with Crippen molar-refractivity contribution >= 4 is 8.32 Å². The zero-order valence-electron chi connectivity index (χ0n) is 13.3. The highest BCUT2D eigenvalue weighted by molar-refractivity contribution is 6.74. The van der Waals surface area contributed by atoms with E-state index in [1.807, 2.05) is 30.3 Å². The van der Waals surface area contributed by atoms with Crippen LogP contribution in [0.25, 0.3) is 0 Å². The van der Waals surface area contributed by atoms with E-state index in [0.717, 1.165) is 5.56 Å². The molecule has 0 N–H and O–H groups in total. The van der Waals surface area contributed by atoms with E-state index in [-0.39, 0.29) is 11.1 Å². The summed E-state index contributed by atoms with van der Waals surface area (Å²) in [4.78, 5) is 0. The van der Waals surface area contributed by atoms with E-state index in [1.54, 1.807) is 0 Å². The van der Waals surface area contributed by atoms with Gasteiger partial charge >= 0.3 is 0 Å². The lowest BCUT2D eigenvalue weighted by Gasteiger charge is -2.36. The molecular weight excluding hydrogens is 264 g/mol. The van der Waals surface area contributed by atoms with Crippen LogP contribution in [-0.4, -0.2) is 21.0 Å². The molecular formula is C17H26O2Si. The Hall–Kier alpha value is -1.08. The summed E-state index contributed by atoms with van der Waals surface area (Å²) in [5.74, 6) is 2.67. The fraction of sp³-hybridized carbons (Fsp3) is 0.529. The van der Waals surface area contributed by atoms with Gasteiger partial charge in [0, 0.05) is 0 Å². The van der Waals surface area contributed by atoms with Crippen LogP contribution in [0.2, 0.25) is 18.1 Å². The lowest BCUT2D eigenvalue weighted by molar-refractivity contribution is 0.0413. The van der Waals surface area contributed by atoms with Crippen LogP contribution in [0.1, 0.15) is 26.3 Å². The van der Waals surface area contributed by atoms with Crippen molar-refractivity contribution in [1.82, 2.24) is 0 Å². The molecule has 20 heavy (non-hydrogen) atoms. The average molecular weight is 290 g/mol. The normalized spacial score (nSPS) is 13.8. The van der Waals surface area contributed by atoms with Crippen LogP contribution in [0.15, 0.2) is 30.3 Å². The van der Waals surface area contributed by atoms with Crippen molar-refractivity contribution in [3.05, 3.63) is 35.9 Å². The molecule has 0 heterocycles. The van der Waals surface area contributed by atoms with Gasteiger partial charge < -0.3 is 9.16 Å². The molecule has 0 fully saturated rings. The van der Waals surface area contributed by atoms with Gasteiger partial charge in [-0.15, -0.1) is 6.42 Å². The molecule has 1 aromatic rings. The molecule has 1 unspecified atom stereocenters. The number of hydrogen-bond donors (Lipinski definition) is 0. The molecule has 110 valence electrons. The van der Waals surface area contributed by atoms with E-state index in [4.69, 9.17) is 15.6 Å². The van der Waals surface area contributed by atoms with Crippen molar-refractivity contribution < 1.29 is 9.16 Å². The first-order valence-corrected chi connectivity index (χ1v) is 9.93. The highest BCUT2D eigenvalue weighted by Crippen LogP contribution is 2.36. The summed E-state index contributed by atoms with van der Waals surface area (Å²) in [7, 11) is -1.77. The molecule has 3 heteroatoms. The maximum Gasteiger partial charge on any atom is 0.192 e. The predicted molar refractivity (Wildman–Crippen MR) is 87.0 cm³/mol. The van der Waals surface area contributed by atoms with E-state index < -0.39 is 8.32 Å². The standard InChI is InChI=1S/C17H26O2Si/c1-7-16(14-19-20(5,6)17(2,3)4)18-13-15-11-9-8-10-12-15/h1,8-12,16H,13-14H2,2-6H3. The molecule has 0 aliphatic carbocycles. The Bertz CT molecular complexity index is 440. The first-order valence-electron chi connectivity index (χ1n) is 7.02. The number of hydrogen-bond acceptors (Lipinski definition) is 2. The molecule has 0 saturated carbocycles. The Labute approximate surface area is 124 Å². The van der Waals surface area contributed by atoms with Gasteiger partial charge in [-0.25, -0.2) is 0 Å². The van der Waals surface area contributed by atoms with Crippen molar-refractivity contribution in [1.29, 1.82) is 0 Å². The van der Waals surface area contributed by atoms with E-state index >= 15 is 0 Å². The second kappa shape index (κ2) is 7.08. The highest BCUT2D eigenvalue weighted by atomic mass is 28.4. The number of rotatable bonds is 6. The van der Waals surface area contributed by atoms with Crippen molar-refractivity contribution in [3.63, 3.8) is 0 Å². The molecule has 0 saturated heterocycles. The molecule has 0 radical (unpaired) electrons. The Morgan fingerprint density at radius 3 is 2.30 bits per heavy atom. The molecule has 0 aliphatic rings. The van der Waals surface area contributed by atoms with Crippen LogP contribution in [0, 0.1) is 12.3 Å². The summed E-state index contributed by atoms with van der Waals surface area (Å²) in [5, 5.41) is 0.186. The minimum Gasteiger partial charge on any atom is -0.413 e. The maximum absolute atomic E-state index is 6.11. The van der Waals surface area contributed by atoms with Gasteiger partial charge in [-0.05, 0) is 23.7 Å². The van der Waals surface area contributed by atoms with Crippen LogP contribution in [-0.2, 0) is 15.8 Å². The Kier molecular flexibility index (Phi) is 6.00. The van der Waals surface area contributed by atoms with Crippen LogP contribution < -0.4 is 0 Å². The highest BCUT2D eigenvalue weighted by Gasteiger charge is 2.37. The van der Waals surface area contributed by atoms with Gasteiger partial charge in [0.25, 0.3) is 0 Å². The summed E-state index contributed by atoms with van der Waals surface area (Å²) in [5.41, 5.74) is 1.13. The summed E-state index contributed by atoms with van der Waals surface area (Å²) >= 11 is 0. The second-order valence-electron chi connectivity index (χ2n) is 6.52. The second-order valence-corrected chi connectivity index (χ2v) is 11.3. The van der Waals surface area contributed by atoms with E-state index in [0.29, 0.717) is 13.2 Å². The Morgan fingerprint density at radius 2 is 1.80 bits per heavy atom. The van der Waals surface area contributed by atoms with Gasteiger partial charge in [0.05, 0.1) is 13.2 Å². The predicted octanol–water partition coefficient (Wildman–Crippen LogP) is 4.23. The fourth-order valence-electron chi connectivity index (χ4n) is 1.42. The van der Waals surface area contributed by atoms with Crippen LogP contribution in [0.5, 0.6) is 0 Å². The fourth-order valence-corrected chi connectivity index (χ4v) is 2.42. The first kappa shape index (κ1) is 17.0. The number of ether oxygens (including phenoxy) is 1. The van der Waals surface area contributed by atoms with Gasteiger partial charge in [0.2, 0.25) is 0 Å². The SMILES string of the molecule is C#CC(CO[Si](C)(C)C(C)(C)C)OCc1ccccc1. The lowest BCUT2D eigenvalue weighted by Crippen LogP contribution is -2.42. The van der Waals surface area contributed by atoms with E-state index in [2.05, 4.69) is 39.8 Å². The molecule has 0 aliphatic heterocycles. The van der Waals surface area contributed by atoms with Crippen molar-refractivity contribution in [2.75, 3.05) is 6.61 Å². The van der Waals surface area contributed by atoms with Crippen molar-refractivity contribution in [2.45, 2.75) is 51.6 Å². The van der Waals surface area contributed by atoms with E-state index in [9.17, 15) is 0 Å². The molecule has 0 spiro atoms. The smallest absolute Gasteiger partial charge is 0.192 e. The Morgan fingerprint density at radius 1 is 1.20 bits per heavy atom. The Balaban J connectivity index is 2.47. The van der Waals surface area contributed by atoms with Crippen LogP contribution in [0.4, 0.5) is 0 Å². The zero-order chi connectivity index (χ0) is 15.2. The minimum absolute atomic E-state index is 0.186. The third kappa shape index (κ3) is 5.13. The lowest BCUT2D eigenvalue weighted by atomic mass is 10.2. The maximum atomic E-state index is 6.11. The van der Waals surface area contributed by atoms with Gasteiger partial charge in [0.1, 0.15) is 6.10 Å². The van der Waals surface area contributed by atoms with Gasteiger partial charge in [-0.3, -0.25) is 0 Å². The third-order valence-corrected chi connectivity index (χ3v) is 8.38. The van der Waals surface area contributed by atoms with Crippen molar-refractivity contribution in [2.24, 2.45) is 0 Å². The summed E-state index contributed by atoms with van der Waals surface area (Å²) < 4.78 is 11.9. The van der Waals surface area contributed by atoms with E-state index in [1.165, 1.54) is 0 Å². The van der Waals surface area contributed by atoms with Gasteiger partial charge in [-0.1, -0.05) is 57.0 Å². The molecule has 0 aromatic heterocycles. The number of benzene rings is 1. The monoisotopic (exact) mass is 290 g/mol.